The Morgan fingerprint density at radius 1 is 0.639 bits per heavy atom. The van der Waals surface area contributed by atoms with E-state index in [1.54, 1.807) is 6.92 Å². The highest BCUT2D eigenvalue weighted by Gasteiger charge is 2.65. The Kier molecular flexibility index (Phi) is 13.9. The number of fused-ring (bicyclic) bond motifs is 10. The van der Waals surface area contributed by atoms with Crippen molar-refractivity contribution in [2.24, 2.45) is 5.92 Å². The number of hydrogen-bond acceptors (Lipinski definition) is 19. The number of rotatable bonds is 8. The van der Waals surface area contributed by atoms with Gasteiger partial charge in [0.1, 0.15) is 30.0 Å². The summed E-state index contributed by atoms with van der Waals surface area (Å²) in [5, 5.41) is 12.1. The molecule has 0 aromatic heterocycles. The van der Waals surface area contributed by atoms with Crippen molar-refractivity contribution in [3.05, 3.63) is 12.2 Å². The second-order valence-corrected chi connectivity index (χ2v) is 25.9. The molecule has 0 aliphatic carbocycles. The highest BCUT2D eigenvalue weighted by Crippen LogP contribution is 2.53. The summed E-state index contributed by atoms with van der Waals surface area (Å²) in [4.78, 5) is 12.4. The van der Waals surface area contributed by atoms with Gasteiger partial charge in [-0.05, 0) is 91.1 Å². The van der Waals surface area contributed by atoms with Gasteiger partial charge in [-0.3, -0.25) is 13.9 Å². The topological polar surface area (TPSA) is 266 Å². The third-order valence-corrected chi connectivity index (χ3v) is 19.6. The zero-order chi connectivity index (χ0) is 51.1. The van der Waals surface area contributed by atoms with Crippen LogP contribution >= 0.6 is 0 Å². The van der Waals surface area contributed by atoms with Crippen molar-refractivity contribution in [3.63, 3.8) is 0 Å². The van der Waals surface area contributed by atoms with Crippen LogP contribution in [0.1, 0.15) is 131 Å². The molecule has 11 aliphatic heterocycles. The van der Waals surface area contributed by atoms with E-state index in [0.717, 1.165) is 12.8 Å². The molecule has 0 bridgehead atoms. The fourth-order valence-electron chi connectivity index (χ4n) is 14.7. The Morgan fingerprint density at radius 2 is 1.19 bits per heavy atom. The largest absolute Gasteiger partial charge is 0.397 e. The molecule has 3 N–H and O–H groups in total. The van der Waals surface area contributed by atoms with Crippen LogP contribution in [0.4, 0.5) is 0 Å². The normalized spacial score (nSPS) is 53.3. The molecule has 0 spiro atoms. The van der Waals surface area contributed by atoms with Gasteiger partial charge >= 0.3 is 20.8 Å². The molecule has 23 heteroatoms. The Labute approximate surface area is 422 Å². The monoisotopic (exact) mass is 1060 g/mol. The quantitative estimate of drug-likeness (QED) is 0.178. The van der Waals surface area contributed by atoms with Crippen molar-refractivity contribution in [2.75, 3.05) is 6.61 Å². The van der Waals surface area contributed by atoms with Crippen molar-refractivity contribution < 1.29 is 96.3 Å². The van der Waals surface area contributed by atoms with Gasteiger partial charge < -0.3 is 57.2 Å². The van der Waals surface area contributed by atoms with E-state index in [4.69, 9.17) is 60.8 Å². The first-order valence-corrected chi connectivity index (χ1v) is 28.9. The van der Waals surface area contributed by atoms with E-state index < -0.39 is 92.0 Å². The summed E-state index contributed by atoms with van der Waals surface area (Å²) in [7, 11) is -9.58. The van der Waals surface area contributed by atoms with Gasteiger partial charge in [-0.15, -0.1) is 0 Å². The third-order valence-electron chi connectivity index (χ3n) is 18.6. The maximum absolute atomic E-state index is 12.4. The van der Waals surface area contributed by atoms with E-state index in [1.807, 2.05) is 6.92 Å². The van der Waals surface area contributed by atoms with Crippen molar-refractivity contribution in [3.8, 4) is 0 Å². The van der Waals surface area contributed by atoms with Crippen molar-refractivity contribution in [1.29, 1.82) is 0 Å². The van der Waals surface area contributed by atoms with Gasteiger partial charge in [-0.1, -0.05) is 13.5 Å². The number of hydrogen-bond donors (Lipinski definition) is 3. The standard InChI is InChI=1S/C49H74O21S2/c1-23-9-12-47(5)39(63-36-19-37-44(66-43(23)36)45(51)49(7)41(64-37)21-33-34(68-49)15-24(2)42(65-33)25(3)50)22-38-48(6,70-47)13-10-26-27(62-38)16-29-28(59-26)17-30-31(60-29)18-35-32(61-30)20-40(69-72(55,56)57)46(4,67-35)11-8-14-58-71(52,53)54/h23,26-45,51H,2,8-22H2,1,3-7H3,(H,52,53,54)(H,55,56,57)/t23-,26-,27+,28+,29-,30-,31+,32+,33+,34-,35-,36-,37+,38-,39+,40-,41-,42?,43+,44+,45+,46+,47-,48+,49+/m0/s1. The van der Waals surface area contributed by atoms with Crippen LogP contribution in [0, 0.1) is 5.92 Å². The molecule has 21 nitrogen and oxygen atoms in total. The Bertz CT molecular complexity index is 2310. The zero-order valence-electron chi connectivity index (χ0n) is 41.9. The molecule has 11 heterocycles. The highest BCUT2D eigenvalue weighted by molar-refractivity contribution is 7.81. The predicted octanol–water partition coefficient (Wildman–Crippen LogP) is 3.60. The van der Waals surface area contributed by atoms with Gasteiger partial charge in [0.2, 0.25) is 0 Å². The van der Waals surface area contributed by atoms with Gasteiger partial charge in [-0.25, -0.2) is 8.37 Å². The maximum atomic E-state index is 12.4. The molecule has 72 heavy (non-hydrogen) atoms. The lowest BCUT2D eigenvalue weighted by molar-refractivity contribution is -0.367. The molecule has 0 radical (unpaired) electrons. The second kappa shape index (κ2) is 18.9. The molecular weight excluding hydrogens is 989 g/mol. The first-order chi connectivity index (χ1) is 33.8. The number of ether oxygens (including phenoxy) is 11. The van der Waals surface area contributed by atoms with Crippen LogP contribution in [0.15, 0.2) is 12.2 Å². The summed E-state index contributed by atoms with van der Waals surface area (Å²) in [6.07, 6.45) is -2.82. The van der Waals surface area contributed by atoms with Gasteiger partial charge in [0.05, 0.1) is 121 Å². The third kappa shape index (κ3) is 9.85. The summed E-state index contributed by atoms with van der Waals surface area (Å²) in [6.45, 7) is 15.2. The fourth-order valence-corrected chi connectivity index (χ4v) is 15.6. The minimum atomic E-state index is -4.90. The van der Waals surface area contributed by atoms with Crippen LogP contribution < -0.4 is 0 Å². The Hall–Kier alpha value is -1.33. The van der Waals surface area contributed by atoms with Crippen LogP contribution in [-0.4, -0.2) is 188 Å². The average molecular weight is 1060 g/mol. The molecule has 11 fully saturated rings. The summed E-state index contributed by atoms with van der Waals surface area (Å²) in [5.74, 6) is -0.0129. The lowest BCUT2D eigenvalue weighted by Gasteiger charge is -2.60. The first-order valence-electron chi connectivity index (χ1n) is 26.2. The molecule has 1 unspecified atom stereocenters. The Morgan fingerprint density at radius 3 is 1.85 bits per heavy atom. The summed E-state index contributed by atoms with van der Waals surface area (Å²) >= 11 is 0. The molecule has 11 aliphatic rings. The van der Waals surface area contributed by atoms with Crippen LogP contribution in [0.5, 0.6) is 0 Å². The van der Waals surface area contributed by atoms with Crippen molar-refractivity contribution in [1.82, 2.24) is 0 Å². The van der Waals surface area contributed by atoms with Gasteiger partial charge in [0, 0.05) is 44.9 Å². The van der Waals surface area contributed by atoms with E-state index in [9.17, 15) is 31.3 Å². The second-order valence-electron chi connectivity index (χ2n) is 23.8. The van der Waals surface area contributed by atoms with Crippen LogP contribution in [0.3, 0.4) is 0 Å². The molecule has 0 amide bonds. The van der Waals surface area contributed by atoms with Crippen LogP contribution in [-0.2, 0) is 86.1 Å². The van der Waals surface area contributed by atoms with Crippen molar-refractivity contribution in [2.45, 2.75) is 276 Å². The lowest BCUT2D eigenvalue weighted by atomic mass is 9.73. The first kappa shape index (κ1) is 52.7. The van der Waals surface area contributed by atoms with E-state index in [0.29, 0.717) is 63.4 Å². The number of ketones is 1. The predicted molar refractivity (Wildman–Crippen MR) is 247 cm³/mol. The minimum Gasteiger partial charge on any atom is -0.387 e. The highest BCUT2D eigenvalue weighted by atomic mass is 32.3. The smallest absolute Gasteiger partial charge is 0.387 e. The lowest BCUT2D eigenvalue weighted by Crippen LogP contribution is -2.73. The number of aliphatic hydroxyl groups excluding tert-OH is 1. The fraction of sp³-hybridized carbons (Fsp3) is 0.939. The van der Waals surface area contributed by atoms with E-state index in [-0.39, 0.29) is 111 Å². The molecule has 11 saturated heterocycles. The molecule has 0 aromatic rings. The maximum Gasteiger partial charge on any atom is 0.397 e. The molecular formula is C49H74O21S2. The summed E-state index contributed by atoms with van der Waals surface area (Å²) in [6, 6.07) is 0. The SMILES string of the molecule is C=C1C[C@@H]2O[C@]3(C)[C@H](C[C@H]2OC1C(C)=O)O[C@@H]1C[C@@H]2O[C@@H]4C[C@@H]5O[C@@H]6C[C@@H]7O[C@@H]8C[C@@H]9O[C@](C)(CCCOS(=O)(=O)O)[C@@H](OS(=O)(=O)O)C[C@H]9O[C@H]8C[C@H]7O[C@H]6CC[C@@]5(C)O[C@@]4(C)CC[C@H](C)[C@H]2O[C@H]1[C@H]3O. The van der Waals surface area contributed by atoms with E-state index in [2.05, 4.69) is 31.5 Å². The number of carbonyl (C=O) groups is 1. The van der Waals surface area contributed by atoms with Gasteiger partial charge in [0.25, 0.3) is 0 Å². The number of Topliss-reactive ketones (excluding diaryl/α,β-unsaturated/α-hetero) is 1. The zero-order valence-corrected chi connectivity index (χ0v) is 43.6. The summed E-state index contributed by atoms with van der Waals surface area (Å²) < 4.78 is 150. The molecule has 11 rings (SSSR count). The molecule has 408 valence electrons. The number of aliphatic hydroxyl groups is 1. The van der Waals surface area contributed by atoms with E-state index >= 15 is 0 Å². The van der Waals surface area contributed by atoms with Crippen LogP contribution in [0.2, 0.25) is 0 Å². The van der Waals surface area contributed by atoms with Gasteiger partial charge in [0.15, 0.2) is 5.78 Å². The van der Waals surface area contributed by atoms with Crippen molar-refractivity contribution >= 4 is 26.6 Å². The Balaban J connectivity index is 0.753. The molecule has 25 atom stereocenters. The number of carbonyl (C=O) groups excluding carboxylic acids is 1. The summed E-state index contributed by atoms with van der Waals surface area (Å²) in [5.41, 5.74) is -2.95. The average Bonchev–Trinajstić information content (AvgIpc) is 3.41. The van der Waals surface area contributed by atoms with Gasteiger partial charge in [-0.2, -0.15) is 16.8 Å². The van der Waals surface area contributed by atoms with Crippen LogP contribution in [0.25, 0.3) is 0 Å². The molecule has 0 saturated carbocycles. The minimum absolute atomic E-state index is 0.0650. The van der Waals surface area contributed by atoms with E-state index in [1.165, 1.54) is 6.92 Å². The molecule has 0 aromatic carbocycles.